The molecule has 11 heavy (non-hydrogen) atoms. The van der Waals surface area contributed by atoms with Gasteiger partial charge in [-0.05, 0) is 19.4 Å². The Bertz CT molecular complexity index is 221. The summed E-state index contributed by atoms with van der Waals surface area (Å²) in [5.41, 5.74) is 2.23. The molecule has 0 aromatic carbocycles. The third-order valence-electron chi connectivity index (χ3n) is 1.63. The average Bonchev–Trinajstić information content (AvgIpc) is 2.03. The smallest absolute Gasteiger partial charge is 0.128 e. The molecule has 0 N–H and O–H groups in total. The molecule has 0 atom stereocenters. The van der Waals surface area contributed by atoms with Crippen molar-refractivity contribution < 1.29 is 0 Å². The van der Waals surface area contributed by atoms with Crippen molar-refractivity contribution >= 4 is 0 Å². The molecule has 2 nitrogen and oxygen atoms in total. The zero-order chi connectivity index (χ0) is 8.27. The summed E-state index contributed by atoms with van der Waals surface area (Å²) in [4.78, 5) is 8.65. The number of aryl methyl sites for hydroxylation is 3. The zero-order valence-electron chi connectivity index (χ0n) is 7.39. The molecule has 0 saturated carbocycles. The maximum absolute atomic E-state index is 4.36. The molecule has 0 spiro atoms. The Kier molecular flexibility index (Phi) is 2.58. The van der Waals surface area contributed by atoms with Gasteiger partial charge in [0.05, 0.1) is 0 Å². The maximum atomic E-state index is 4.36. The van der Waals surface area contributed by atoms with E-state index in [1.165, 1.54) is 0 Å². The van der Waals surface area contributed by atoms with Crippen molar-refractivity contribution in [3.63, 3.8) is 0 Å². The lowest BCUT2D eigenvalue weighted by Crippen LogP contribution is -1.98. The van der Waals surface area contributed by atoms with Crippen LogP contribution < -0.4 is 0 Å². The molecule has 0 aliphatic rings. The topological polar surface area (TPSA) is 25.8 Å². The van der Waals surface area contributed by atoms with Gasteiger partial charge in [0.2, 0.25) is 0 Å². The Morgan fingerprint density at radius 1 is 1.18 bits per heavy atom. The number of aromatic nitrogens is 2. The number of hydrogen-bond acceptors (Lipinski definition) is 2. The first-order valence-electron chi connectivity index (χ1n) is 4.09. The van der Waals surface area contributed by atoms with E-state index in [9.17, 15) is 0 Å². The lowest BCUT2D eigenvalue weighted by molar-refractivity contribution is 0.869. The molecule has 0 fully saturated rings. The second-order valence-corrected chi connectivity index (χ2v) is 2.62. The fraction of sp³-hybridized carbons (Fsp3) is 0.556. The van der Waals surface area contributed by atoms with Gasteiger partial charge >= 0.3 is 0 Å². The van der Waals surface area contributed by atoms with Crippen LogP contribution in [0.5, 0.6) is 0 Å². The van der Waals surface area contributed by atoms with Gasteiger partial charge in [-0.2, -0.15) is 0 Å². The van der Waals surface area contributed by atoms with E-state index in [0.29, 0.717) is 0 Å². The van der Waals surface area contributed by atoms with Gasteiger partial charge in [0, 0.05) is 17.8 Å². The van der Waals surface area contributed by atoms with E-state index >= 15 is 0 Å². The van der Waals surface area contributed by atoms with E-state index in [1.807, 2.05) is 13.0 Å². The summed E-state index contributed by atoms with van der Waals surface area (Å²) in [6, 6.07) is 2.04. The van der Waals surface area contributed by atoms with E-state index in [-0.39, 0.29) is 0 Å². The molecule has 1 aromatic heterocycles. The van der Waals surface area contributed by atoms with Crippen LogP contribution >= 0.6 is 0 Å². The Balaban J connectivity index is 3.02. The van der Waals surface area contributed by atoms with Gasteiger partial charge in [-0.25, -0.2) is 9.97 Å². The van der Waals surface area contributed by atoms with E-state index in [4.69, 9.17) is 0 Å². The van der Waals surface area contributed by atoms with Crippen LogP contribution in [0.1, 0.15) is 31.1 Å². The predicted octanol–water partition coefficient (Wildman–Crippen LogP) is 1.91. The highest BCUT2D eigenvalue weighted by atomic mass is 14.9. The Labute approximate surface area is 67.7 Å². The highest BCUT2D eigenvalue weighted by Gasteiger charge is 1.97. The van der Waals surface area contributed by atoms with E-state index in [1.54, 1.807) is 0 Å². The lowest BCUT2D eigenvalue weighted by atomic mass is 10.2. The monoisotopic (exact) mass is 150 g/mol. The maximum Gasteiger partial charge on any atom is 0.128 e. The molecular weight excluding hydrogens is 136 g/mol. The molecular formula is C9H14N2. The zero-order valence-corrected chi connectivity index (χ0v) is 7.39. The number of hydrogen-bond donors (Lipinski definition) is 0. The Hall–Kier alpha value is -0.920. The van der Waals surface area contributed by atoms with Gasteiger partial charge in [-0.1, -0.05) is 13.8 Å². The molecule has 60 valence electrons. The third kappa shape index (κ3) is 2.00. The quantitative estimate of drug-likeness (QED) is 0.643. The Morgan fingerprint density at radius 3 is 2.45 bits per heavy atom. The SMILES string of the molecule is CCc1cc(C)nc(CC)n1. The largest absolute Gasteiger partial charge is 0.238 e. The van der Waals surface area contributed by atoms with Crippen LogP contribution in [0.4, 0.5) is 0 Å². The van der Waals surface area contributed by atoms with Crippen LogP contribution in [-0.4, -0.2) is 9.97 Å². The highest BCUT2D eigenvalue weighted by Crippen LogP contribution is 2.01. The molecule has 2 heteroatoms. The fourth-order valence-electron chi connectivity index (χ4n) is 1.04. The molecule has 0 aliphatic carbocycles. The summed E-state index contributed by atoms with van der Waals surface area (Å²) in [5, 5.41) is 0. The van der Waals surface area contributed by atoms with Gasteiger partial charge < -0.3 is 0 Å². The summed E-state index contributed by atoms with van der Waals surface area (Å²) < 4.78 is 0. The van der Waals surface area contributed by atoms with Crippen molar-refractivity contribution in [1.82, 2.24) is 9.97 Å². The van der Waals surface area contributed by atoms with Crippen LogP contribution in [0.15, 0.2) is 6.07 Å². The van der Waals surface area contributed by atoms with Crippen molar-refractivity contribution in [2.45, 2.75) is 33.6 Å². The van der Waals surface area contributed by atoms with E-state index in [2.05, 4.69) is 23.8 Å². The summed E-state index contributed by atoms with van der Waals surface area (Å²) in [5.74, 6) is 0.960. The first kappa shape index (κ1) is 8.18. The van der Waals surface area contributed by atoms with Crippen molar-refractivity contribution in [2.24, 2.45) is 0 Å². The van der Waals surface area contributed by atoms with Crippen molar-refractivity contribution in [3.05, 3.63) is 23.3 Å². The number of rotatable bonds is 2. The molecule has 0 bridgehead atoms. The second kappa shape index (κ2) is 3.46. The molecule has 0 amide bonds. The normalized spacial score (nSPS) is 10.1. The highest BCUT2D eigenvalue weighted by molar-refractivity contribution is 5.09. The Morgan fingerprint density at radius 2 is 1.91 bits per heavy atom. The van der Waals surface area contributed by atoms with E-state index in [0.717, 1.165) is 30.1 Å². The lowest BCUT2D eigenvalue weighted by Gasteiger charge is -2.00. The number of nitrogens with zero attached hydrogens (tertiary/aromatic N) is 2. The van der Waals surface area contributed by atoms with Gasteiger partial charge in [0.1, 0.15) is 5.82 Å². The van der Waals surface area contributed by atoms with Crippen molar-refractivity contribution in [1.29, 1.82) is 0 Å². The van der Waals surface area contributed by atoms with Crippen LogP contribution in [0.25, 0.3) is 0 Å². The molecule has 1 heterocycles. The van der Waals surface area contributed by atoms with Crippen LogP contribution in [0, 0.1) is 6.92 Å². The molecule has 0 radical (unpaired) electrons. The van der Waals surface area contributed by atoms with Crippen LogP contribution in [0.3, 0.4) is 0 Å². The van der Waals surface area contributed by atoms with Crippen molar-refractivity contribution in [2.75, 3.05) is 0 Å². The minimum absolute atomic E-state index is 0.925. The first-order valence-corrected chi connectivity index (χ1v) is 4.09. The molecule has 1 rings (SSSR count). The predicted molar refractivity (Wildman–Crippen MR) is 45.5 cm³/mol. The second-order valence-electron chi connectivity index (χ2n) is 2.62. The molecule has 0 aliphatic heterocycles. The third-order valence-corrected chi connectivity index (χ3v) is 1.63. The van der Waals surface area contributed by atoms with Gasteiger partial charge in [-0.3, -0.25) is 0 Å². The van der Waals surface area contributed by atoms with E-state index < -0.39 is 0 Å². The molecule has 0 unspecified atom stereocenters. The minimum atomic E-state index is 0.925. The summed E-state index contributed by atoms with van der Waals surface area (Å²) in [6.07, 6.45) is 1.92. The van der Waals surface area contributed by atoms with Gasteiger partial charge in [0.25, 0.3) is 0 Å². The summed E-state index contributed by atoms with van der Waals surface area (Å²) >= 11 is 0. The summed E-state index contributed by atoms with van der Waals surface area (Å²) in [6.45, 7) is 6.20. The fourth-order valence-corrected chi connectivity index (χ4v) is 1.04. The first-order chi connectivity index (χ1) is 5.26. The standard InChI is InChI=1S/C9H14N2/c1-4-8-6-7(3)10-9(5-2)11-8/h6H,4-5H2,1-3H3. The van der Waals surface area contributed by atoms with Crippen molar-refractivity contribution in [3.8, 4) is 0 Å². The molecule has 0 saturated heterocycles. The van der Waals surface area contributed by atoms with Gasteiger partial charge in [0.15, 0.2) is 0 Å². The van der Waals surface area contributed by atoms with Crippen LogP contribution in [-0.2, 0) is 12.8 Å². The summed E-state index contributed by atoms with van der Waals surface area (Å²) in [7, 11) is 0. The minimum Gasteiger partial charge on any atom is -0.238 e. The van der Waals surface area contributed by atoms with Gasteiger partial charge in [-0.15, -0.1) is 0 Å². The molecule has 1 aromatic rings. The average molecular weight is 150 g/mol. The van der Waals surface area contributed by atoms with Crippen LogP contribution in [0.2, 0.25) is 0 Å².